The molecule has 1 aliphatic heterocycles. The second-order valence-electron chi connectivity index (χ2n) is 6.08. The molecule has 0 radical (unpaired) electrons. The fraction of sp³-hybridized carbons (Fsp3) is 0.368. The van der Waals surface area contributed by atoms with Crippen molar-refractivity contribution in [1.29, 1.82) is 0 Å². The normalized spacial score (nSPS) is 17.8. The Kier molecular flexibility index (Phi) is 5.85. The van der Waals surface area contributed by atoms with Crippen molar-refractivity contribution in [2.75, 3.05) is 31.6 Å². The van der Waals surface area contributed by atoms with Crippen molar-refractivity contribution < 1.29 is 9.84 Å². The molecule has 6 nitrogen and oxygen atoms in total. The number of phenols is 1. The van der Waals surface area contributed by atoms with E-state index in [9.17, 15) is 5.11 Å². The summed E-state index contributed by atoms with van der Waals surface area (Å²) in [5.74, 6) is 1.45. The SMILES string of the molecule is COc1cc(C=CCNC2CCCN(c3ncccn3)C2)ccc1O. The van der Waals surface area contributed by atoms with Crippen LogP contribution in [-0.2, 0) is 0 Å². The first-order valence-corrected chi connectivity index (χ1v) is 8.55. The molecule has 0 aliphatic carbocycles. The molecule has 1 atom stereocenters. The van der Waals surface area contributed by atoms with Gasteiger partial charge in [-0.05, 0) is 36.6 Å². The van der Waals surface area contributed by atoms with Crippen molar-refractivity contribution in [2.45, 2.75) is 18.9 Å². The van der Waals surface area contributed by atoms with Gasteiger partial charge in [0.2, 0.25) is 5.95 Å². The van der Waals surface area contributed by atoms with Gasteiger partial charge in [-0.3, -0.25) is 0 Å². The highest BCUT2D eigenvalue weighted by Gasteiger charge is 2.20. The van der Waals surface area contributed by atoms with Crippen LogP contribution >= 0.6 is 0 Å². The van der Waals surface area contributed by atoms with Gasteiger partial charge in [-0.1, -0.05) is 18.2 Å². The highest BCUT2D eigenvalue weighted by molar-refractivity contribution is 5.55. The molecule has 6 heteroatoms. The van der Waals surface area contributed by atoms with Crippen molar-refractivity contribution in [3.8, 4) is 11.5 Å². The van der Waals surface area contributed by atoms with Gasteiger partial charge in [-0.25, -0.2) is 9.97 Å². The number of ether oxygens (including phenoxy) is 1. The first-order chi connectivity index (χ1) is 12.3. The summed E-state index contributed by atoms with van der Waals surface area (Å²) in [5, 5.41) is 13.2. The number of aromatic nitrogens is 2. The summed E-state index contributed by atoms with van der Waals surface area (Å²) in [5.41, 5.74) is 0.999. The lowest BCUT2D eigenvalue weighted by atomic mass is 10.1. The number of phenolic OH excluding ortho intramolecular Hbond substituents is 1. The van der Waals surface area contributed by atoms with Gasteiger partial charge in [0.05, 0.1) is 7.11 Å². The van der Waals surface area contributed by atoms with E-state index in [1.54, 1.807) is 25.6 Å². The Morgan fingerprint density at radius 2 is 2.20 bits per heavy atom. The van der Waals surface area contributed by atoms with Crippen LogP contribution in [0.25, 0.3) is 6.08 Å². The molecule has 2 heterocycles. The number of aromatic hydroxyl groups is 1. The van der Waals surface area contributed by atoms with Crippen LogP contribution in [0.15, 0.2) is 42.7 Å². The molecular weight excluding hydrogens is 316 g/mol. The zero-order chi connectivity index (χ0) is 17.5. The van der Waals surface area contributed by atoms with E-state index in [1.165, 1.54) is 0 Å². The van der Waals surface area contributed by atoms with Gasteiger partial charge in [0.25, 0.3) is 0 Å². The van der Waals surface area contributed by atoms with E-state index in [0.717, 1.165) is 44.0 Å². The molecule has 0 spiro atoms. The van der Waals surface area contributed by atoms with Crippen LogP contribution in [0.4, 0.5) is 5.95 Å². The first kappa shape index (κ1) is 17.2. The summed E-state index contributed by atoms with van der Waals surface area (Å²) < 4.78 is 5.12. The van der Waals surface area contributed by atoms with Crippen molar-refractivity contribution in [1.82, 2.24) is 15.3 Å². The predicted molar refractivity (Wildman–Crippen MR) is 99.0 cm³/mol. The van der Waals surface area contributed by atoms with E-state index in [-0.39, 0.29) is 5.75 Å². The second kappa shape index (κ2) is 8.48. The number of benzene rings is 1. The van der Waals surface area contributed by atoms with Gasteiger partial charge in [0, 0.05) is 38.1 Å². The number of nitrogens with one attached hydrogen (secondary N) is 1. The Balaban J connectivity index is 1.50. The molecular formula is C19H24N4O2. The number of anilines is 1. The Bertz CT molecular complexity index is 706. The molecule has 0 amide bonds. The fourth-order valence-electron chi connectivity index (χ4n) is 3.01. The van der Waals surface area contributed by atoms with E-state index < -0.39 is 0 Å². The highest BCUT2D eigenvalue weighted by Crippen LogP contribution is 2.26. The lowest BCUT2D eigenvalue weighted by Gasteiger charge is -2.33. The molecule has 132 valence electrons. The molecule has 1 unspecified atom stereocenters. The number of hydrogen-bond donors (Lipinski definition) is 2. The highest BCUT2D eigenvalue weighted by atomic mass is 16.5. The van der Waals surface area contributed by atoms with Crippen LogP contribution in [-0.4, -0.2) is 47.9 Å². The van der Waals surface area contributed by atoms with Crippen molar-refractivity contribution >= 4 is 12.0 Å². The van der Waals surface area contributed by atoms with Gasteiger partial charge in [-0.15, -0.1) is 0 Å². The maximum atomic E-state index is 9.62. The maximum absolute atomic E-state index is 9.62. The molecule has 0 bridgehead atoms. The van der Waals surface area contributed by atoms with Gasteiger partial charge >= 0.3 is 0 Å². The van der Waals surface area contributed by atoms with Gasteiger partial charge in [-0.2, -0.15) is 0 Å². The molecule has 25 heavy (non-hydrogen) atoms. The second-order valence-corrected chi connectivity index (χ2v) is 6.08. The summed E-state index contributed by atoms with van der Waals surface area (Å²) in [6, 6.07) is 7.60. The van der Waals surface area contributed by atoms with Crippen LogP contribution in [0.1, 0.15) is 18.4 Å². The van der Waals surface area contributed by atoms with E-state index in [1.807, 2.05) is 24.3 Å². The maximum Gasteiger partial charge on any atom is 0.225 e. The Labute approximate surface area is 148 Å². The molecule has 1 saturated heterocycles. The van der Waals surface area contributed by atoms with Crippen LogP contribution in [0.5, 0.6) is 11.5 Å². The number of rotatable bonds is 6. The molecule has 1 aliphatic rings. The molecule has 2 N–H and O–H groups in total. The predicted octanol–water partition coefficient (Wildman–Crippen LogP) is 2.46. The number of nitrogens with zero attached hydrogens (tertiary/aromatic N) is 3. The Morgan fingerprint density at radius 1 is 1.36 bits per heavy atom. The molecule has 2 aromatic rings. The average Bonchev–Trinajstić information content (AvgIpc) is 2.67. The fourth-order valence-corrected chi connectivity index (χ4v) is 3.01. The summed E-state index contributed by atoms with van der Waals surface area (Å²) >= 11 is 0. The van der Waals surface area contributed by atoms with Crippen LogP contribution < -0.4 is 15.0 Å². The monoisotopic (exact) mass is 340 g/mol. The number of hydrogen-bond acceptors (Lipinski definition) is 6. The van der Waals surface area contributed by atoms with E-state index in [4.69, 9.17) is 4.74 Å². The minimum atomic E-state index is 0.156. The Hall–Kier alpha value is -2.60. The van der Waals surface area contributed by atoms with Gasteiger partial charge in [0.15, 0.2) is 11.5 Å². The van der Waals surface area contributed by atoms with Crippen molar-refractivity contribution in [3.05, 3.63) is 48.3 Å². The third kappa shape index (κ3) is 4.70. The van der Waals surface area contributed by atoms with Crippen LogP contribution in [0, 0.1) is 0 Å². The van der Waals surface area contributed by atoms with Crippen LogP contribution in [0.2, 0.25) is 0 Å². The Morgan fingerprint density at radius 3 is 3.00 bits per heavy atom. The largest absolute Gasteiger partial charge is 0.504 e. The summed E-state index contributed by atoms with van der Waals surface area (Å²) in [7, 11) is 1.55. The lowest BCUT2D eigenvalue weighted by Crippen LogP contribution is -2.46. The van der Waals surface area contributed by atoms with E-state index >= 15 is 0 Å². The molecule has 1 aromatic carbocycles. The molecule has 1 aromatic heterocycles. The van der Waals surface area contributed by atoms with Crippen molar-refractivity contribution in [3.63, 3.8) is 0 Å². The minimum absolute atomic E-state index is 0.156. The summed E-state index contributed by atoms with van der Waals surface area (Å²) in [6.45, 7) is 2.72. The van der Waals surface area contributed by atoms with E-state index in [0.29, 0.717) is 11.8 Å². The summed E-state index contributed by atoms with van der Waals surface area (Å²) in [6.07, 6.45) is 9.97. The van der Waals surface area contributed by atoms with Gasteiger partial charge < -0.3 is 20.1 Å². The lowest BCUT2D eigenvalue weighted by molar-refractivity contribution is 0.373. The first-order valence-electron chi connectivity index (χ1n) is 8.55. The van der Waals surface area contributed by atoms with E-state index in [2.05, 4.69) is 26.3 Å². The van der Waals surface area contributed by atoms with Crippen LogP contribution in [0.3, 0.4) is 0 Å². The zero-order valence-corrected chi connectivity index (χ0v) is 14.4. The quantitative estimate of drug-likeness (QED) is 0.842. The molecule has 3 rings (SSSR count). The topological polar surface area (TPSA) is 70.5 Å². The minimum Gasteiger partial charge on any atom is -0.504 e. The number of methoxy groups -OCH3 is 1. The molecule has 1 fully saturated rings. The van der Waals surface area contributed by atoms with Gasteiger partial charge in [0.1, 0.15) is 0 Å². The average molecular weight is 340 g/mol. The number of piperidine rings is 1. The third-order valence-corrected chi connectivity index (χ3v) is 4.29. The standard InChI is InChI=1S/C19H24N4O2/c1-25-18-13-15(7-8-17(18)24)5-2-9-20-16-6-3-12-23(14-16)19-21-10-4-11-22-19/h2,4-5,7-8,10-11,13,16,20,24H,3,6,9,12,14H2,1H3. The third-order valence-electron chi connectivity index (χ3n) is 4.29. The summed E-state index contributed by atoms with van der Waals surface area (Å²) in [4.78, 5) is 10.9. The molecule has 0 saturated carbocycles. The van der Waals surface area contributed by atoms with Crippen molar-refractivity contribution in [2.24, 2.45) is 0 Å². The smallest absolute Gasteiger partial charge is 0.225 e. The zero-order valence-electron chi connectivity index (χ0n) is 14.4.